The van der Waals surface area contributed by atoms with Crippen LogP contribution in [0.4, 0.5) is 26.3 Å². The van der Waals surface area contributed by atoms with Gasteiger partial charge in [-0.2, -0.15) is 26.3 Å². The van der Waals surface area contributed by atoms with E-state index in [4.69, 9.17) is 34.3 Å². The number of halogens is 6. The fraction of sp³-hybridized carbons (Fsp3) is 0.368. The Morgan fingerprint density at radius 3 is 2.11 bits per heavy atom. The molecule has 1 atom stereocenters. The summed E-state index contributed by atoms with van der Waals surface area (Å²) in [6, 6.07) is 15.2. The molecule has 57 heavy (non-hydrogen) atoms. The van der Waals surface area contributed by atoms with Crippen LogP contribution in [0.5, 0.6) is 11.5 Å². The van der Waals surface area contributed by atoms with Gasteiger partial charge in [-0.05, 0) is 55.7 Å². The summed E-state index contributed by atoms with van der Waals surface area (Å²) in [5.41, 5.74) is 5.13. The first-order valence-electron chi connectivity index (χ1n) is 17.3. The summed E-state index contributed by atoms with van der Waals surface area (Å²) < 4.78 is 74.5. The van der Waals surface area contributed by atoms with Crippen LogP contribution in [0.3, 0.4) is 0 Å². The van der Waals surface area contributed by atoms with E-state index in [9.17, 15) is 35.9 Å². The highest BCUT2D eigenvalue weighted by atomic mass is 19.4. The van der Waals surface area contributed by atoms with Gasteiger partial charge in [0, 0.05) is 40.9 Å². The van der Waals surface area contributed by atoms with E-state index in [1.54, 1.807) is 20.4 Å². The van der Waals surface area contributed by atoms with Crippen molar-refractivity contribution in [3.05, 3.63) is 71.8 Å². The predicted molar refractivity (Wildman–Crippen MR) is 196 cm³/mol. The predicted octanol–water partition coefficient (Wildman–Crippen LogP) is 8.03. The normalized spacial score (nSPS) is 11.8. The molecule has 5 aromatic rings. The maximum atomic E-state index is 13.5. The molecule has 5 rings (SSSR count). The van der Waals surface area contributed by atoms with Crippen LogP contribution >= 0.6 is 0 Å². The van der Waals surface area contributed by atoms with Gasteiger partial charge in [-0.1, -0.05) is 31.9 Å². The number of ether oxygens (including phenoxy) is 2. The molecule has 0 fully saturated rings. The van der Waals surface area contributed by atoms with E-state index < -0.39 is 24.3 Å². The molecule has 0 saturated heterocycles. The number of methoxy groups -OCH3 is 2. The van der Waals surface area contributed by atoms with Gasteiger partial charge in [-0.25, -0.2) is 19.6 Å². The van der Waals surface area contributed by atoms with Gasteiger partial charge in [0.15, 0.2) is 0 Å². The van der Waals surface area contributed by atoms with E-state index in [1.165, 1.54) is 0 Å². The number of aryl methyl sites for hydroxylation is 1. The number of amides is 1. The first-order chi connectivity index (χ1) is 26.8. The molecule has 308 valence electrons. The van der Waals surface area contributed by atoms with Crippen molar-refractivity contribution in [2.75, 3.05) is 14.2 Å². The Balaban J connectivity index is 0.000000531. The Kier molecular flexibility index (Phi) is 16.0. The van der Waals surface area contributed by atoms with E-state index in [0.717, 1.165) is 69.5 Å². The molecular formula is C38H41F6N5O8. The third-order valence-corrected chi connectivity index (χ3v) is 8.43. The molecule has 0 bridgehead atoms. The summed E-state index contributed by atoms with van der Waals surface area (Å²) in [5, 5.41) is 19.4. The highest BCUT2D eigenvalue weighted by Crippen LogP contribution is 2.31. The Morgan fingerprint density at radius 1 is 0.860 bits per heavy atom. The average molecular weight is 810 g/mol. The molecule has 0 spiro atoms. The Hall–Kier alpha value is -6.14. The zero-order valence-corrected chi connectivity index (χ0v) is 31.2. The van der Waals surface area contributed by atoms with Crippen molar-refractivity contribution in [2.24, 2.45) is 0 Å². The smallest absolute Gasteiger partial charge is 0.490 e. The molecule has 1 amide bonds. The molecule has 3 heterocycles. The first-order valence-corrected chi connectivity index (χ1v) is 17.3. The lowest BCUT2D eigenvalue weighted by molar-refractivity contribution is -0.193. The van der Waals surface area contributed by atoms with Crippen molar-refractivity contribution in [3.63, 3.8) is 0 Å². The van der Waals surface area contributed by atoms with Gasteiger partial charge < -0.3 is 35.0 Å². The van der Waals surface area contributed by atoms with Crippen molar-refractivity contribution >= 4 is 45.4 Å². The van der Waals surface area contributed by atoms with E-state index in [0.29, 0.717) is 30.8 Å². The van der Waals surface area contributed by atoms with Gasteiger partial charge in [0.2, 0.25) is 5.91 Å². The third-order valence-electron chi connectivity index (χ3n) is 8.43. The van der Waals surface area contributed by atoms with Crippen molar-refractivity contribution in [2.45, 2.75) is 77.2 Å². The van der Waals surface area contributed by atoms with Crippen LogP contribution < -0.4 is 14.8 Å². The highest BCUT2D eigenvalue weighted by Gasteiger charge is 2.39. The standard InChI is InChI=1S/C34H39N5O4.2C2HF3O2/c1-5-22(40)11-7-6-8-14-29(38-33(41)18-25-21(2)36-28-16-15-23(42-3)17-26(25)28)34-35-20-31(39-34)30-19-32(43-4)24-12-9-10-13-27(24)37-30;2*3-2(4,5)1(6)7/h9-10,12-13,15-17,19-20,29,36H,5-8,11,14,18H2,1-4H3,(H,35,39)(H,38,41);2*(H,6,7)/t29-;;/m0../s1. The monoisotopic (exact) mass is 809 g/mol. The van der Waals surface area contributed by atoms with Gasteiger partial charge in [0.25, 0.3) is 0 Å². The van der Waals surface area contributed by atoms with Crippen LogP contribution in [0.2, 0.25) is 0 Å². The first kappa shape index (κ1) is 45.3. The Morgan fingerprint density at radius 2 is 1.51 bits per heavy atom. The highest BCUT2D eigenvalue weighted by molar-refractivity contribution is 5.91. The lowest BCUT2D eigenvalue weighted by atomic mass is 10.0. The number of nitrogens with one attached hydrogen (secondary N) is 3. The molecule has 0 aliphatic rings. The minimum atomic E-state index is -5.08. The number of carboxylic acid groups (broad SMARTS) is 2. The molecule has 0 aliphatic heterocycles. The van der Waals surface area contributed by atoms with Crippen LogP contribution in [0, 0.1) is 6.92 Å². The molecule has 0 aliphatic carbocycles. The van der Waals surface area contributed by atoms with E-state index in [1.807, 2.05) is 62.4 Å². The van der Waals surface area contributed by atoms with Crippen molar-refractivity contribution < 1.29 is 65.2 Å². The fourth-order valence-corrected chi connectivity index (χ4v) is 5.52. The van der Waals surface area contributed by atoms with Gasteiger partial charge >= 0.3 is 24.3 Å². The number of nitrogens with zero attached hydrogens (tertiary/aromatic N) is 2. The molecular weight excluding hydrogens is 768 g/mol. The molecule has 0 unspecified atom stereocenters. The minimum Gasteiger partial charge on any atom is -0.497 e. The number of H-pyrrole nitrogens is 2. The van der Waals surface area contributed by atoms with Gasteiger partial charge in [-0.15, -0.1) is 0 Å². The molecule has 19 heteroatoms. The number of para-hydroxylation sites is 1. The number of hydrogen-bond acceptors (Lipinski definition) is 8. The summed E-state index contributed by atoms with van der Waals surface area (Å²) in [7, 11) is 3.28. The number of rotatable bonds is 14. The number of ketones is 1. The molecule has 2 aromatic carbocycles. The quantitative estimate of drug-likeness (QED) is 0.0541. The number of carboxylic acids is 2. The number of carbonyl (C=O) groups excluding carboxylic acids is 2. The van der Waals surface area contributed by atoms with E-state index >= 15 is 0 Å². The van der Waals surface area contributed by atoms with Crippen LogP contribution in [-0.2, 0) is 25.6 Å². The summed E-state index contributed by atoms with van der Waals surface area (Å²) >= 11 is 0. The number of pyridine rings is 1. The summed E-state index contributed by atoms with van der Waals surface area (Å²) in [4.78, 5) is 59.3. The Labute approximate surface area is 321 Å². The fourth-order valence-electron chi connectivity index (χ4n) is 5.52. The number of Topliss-reactive ketones (excluding diaryl/α,β-unsaturated/α-hetero) is 1. The maximum absolute atomic E-state index is 13.5. The van der Waals surface area contributed by atoms with Crippen molar-refractivity contribution in [1.29, 1.82) is 0 Å². The lowest BCUT2D eigenvalue weighted by Gasteiger charge is -2.17. The van der Waals surface area contributed by atoms with Crippen molar-refractivity contribution in [3.8, 4) is 22.9 Å². The number of aliphatic carboxylic acids is 2. The van der Waals surface area contributed by atoms with Crippen molar-refractivity contribution in [1.82, 2.24) is 25.3 Å². The van der Waals surface area contributed by atoms with Crippen LogP contribution in [0.25, 0.3) is 33.2 Å². The molecule has 0 radical (unpaired) electrons. The molecule has 3 aromatic heterocycles. The largest absolute Gasteiger partial charge is 0.497 e. The average Bonchev–Trinajstić information content (AvgIpc) is 3.77. The van der Waals surface area contributed by atoms with Gasteiger partial charge in [0.05, 0.1) is 49.8 Å². The number of aromatic amines is 2. The van der Waals surface area contributed by atoms with Crippen LogP contribution in [-0.4, -0.2) is 80.4 Å². The number of aromatic nitrogens is 4. The summed E-state index contributed by atoms with van der Waals surface area (Å²) in [6.07, 6.45) is -3.75. The van der Waals surface area contributed by atoms with Gasteiger partial charge in [0.1, 0.15) is 23.1 Å². The second kappa shape index (κ2) is 20.1. The number of hydrogen-bond donors (Lipinski definition) is 5. The number of imidazole rings is 1. The molecule has 5 N–H and O–H groups in total. The van der Waals surface area contributed by atoms with Crippen LogP contribution in [0.1, 0.15) is 68.6 Å². The number of alkyl halides is 6. The Bertz CT molecular complexity index is 2140. The number of carbonyl (C=O) groups is 4. The second-order valence-corrected chi connectivity index (χ2v) is 12.4. The zero-order chi connectivity index (χ0) is 42.5. The SMILES string of the molecule is CCC(=O)CCCCC[C@H](NC(=O)Cc1c(C)[nH]c2ccc(OC)cc12)c1ncc(-c2cc(OC)c3ccccc3n2)[nH]1.O=C(O)C(F)(F)F.O=C(O)C(F)(F)F. The summed E-state index contributed by atoms with van der Waals surface area (Å²) in [6.45, 7) is 3.88. The zero-order valence-electron chi connectivity index (χ0n) is 31.2. The second-order valence-electron chi connectivity index (χ2n) is 12.4. The molecule has 13 nitrogen and oxygen atoms in total. The maximum Gasteiger partial charge on any atom is 0.490 e. The minimum absolute atomic E-state index is 0.0959. The number of benzene rings is 2. The van der Waals surface area contributed by atoms with Crippen LogP contribution in [0.15, 0.2) is 54.7 Å². The number of fused-ring (bicyclic) bond motifs is 2. The third kappa shape index (κ3) is 13.2. The molecule has 0 saturated carbocycles. The van der Waals surface area contributed by atoms with E-state index in [-0.39, 0.29) is 24.2 Å². The lowest BCUT2D eigenvalue weighted by Crippen LogP contribution is -2.30. The summed E-state index contributed by atoms with van der Waals surface area (Å²) in [5.74, 6) is -3.19. The topological polar surface area (TPSA) is 197 Å². The van der Waals surface area contributed by atoms with Gasteiger partial charge in [-0.3, -0.25) is 9.59 Å². The van der Waals surface area contributed by atoms with E-state index in [2.05, 4.69) is 20.3 Å². The number of unbranched alkanes of at least 4 members (excludes halogenated alkanes) is 2.